The summed E-state index contributed by atoms with van der Waals surface area (Å²) in [6, 6.07) is 1.78. The maximum atomic E-state index is 12.9. The fourth-order valence-corrected chi connectivity index (χ4v) is 4.40. The number of rotatable bonds is 1. The molecule has 0 saturated carbocycles. The van der Waals surface area contributed by atoms with Crippen LogP contribution >= 0.6 is 0 Å². The minimum absolute atomic E-state index is 0.0202. The summed E-state index contributed by atoms with van der Waals surface area (Å²) >= 11 is 0. The van der Waals surface area contributed by atoms with Crippen molar-refractivity contribution in [3.63, 3.8) is 0 Å². The van der Waals surface area contributed by atoms with Gasteiger partial charge >= 0.3 is 0 Å². The zero-order valence-corrected chi connectivity index (χ0v) is 16.5. The molecular formula is C20H27N5O2. The lowest BCUT2D eigenvalue weighted by molar-refractivity contribution is 0.0627. The third kappa shape index (κ3) is 2.99. The zero-order chi connectivity index (χ0) is 19.4. The minimum atomic E-state index is -0.227. The van der Waals surface area contributed by atoms with Gasteiger partial charge in [-0.3, -0.25) is 14.7 Å². The number of hydrogen-bond acceptors (Lipinski definition) is 4. The van der Waals surface area contributed by atoms with Gasteiger partial charge in [-0.05, 0) is 38.7 Å². The van der Waals surface area contributed by atoms with Gasteiger partial charge in [0.25, 0.3) is 11.5 Å². The average Bonchev–Trinajstić information content (AvgIpc) is 3.19. The van der Waals surface area contributed by atoms with Crippen LogP contribution in [0.15, 0.2) is 10.9 Å². The third-order valence-electron chi connectivity index (χ3n) is 5.87. The van der Waals surface area contributed by atoms with Crippen molar-refractivity contribution in [3.8, 4) is 0 Å². The van der Waals surface area contributed by atoms with E-state index in [1.807, 2.05) is 11.8 Å². The summed E-state index contributed by atoms with van der Waals surface area (Å²) in [6.45, 7) is 9.36. The van der Waals surface area contributed by atoms with E-state index in [0.29, 0.717) is 12.2 Å². The van der Waals surface area contributed by atoms with Crippen LogP contribution in [0.3, 0.4) is 0 Å². The molecule has 1 aliphatic carbocycles. The molecule has 7 nitrogen and oxygen atoms in total. The molecule has 144 valence electrons. The fourth-order valence-electron chi connectivity index (χ4n) is 4.40. The summed E-state index contributed by atoms with van der Waals surface area (Å²) in [6.07, 6.45) is 3.47. The normalized spacial score (nSPS) is 22.3. The predicted molar refractivity (Wildman–Crippen MR) is 102 cm³/mol. The Kier molecular flexibility index (Phi) is 4.01. The summed E-state index contributed by atoms with van der Waals surface area (Å²) in [5.41, 5.74) is 2.57. The molecule has 1 unspecified atom stereocenters. The SMILES string of the molecule is Cc1cc(C(=O)N2CCCC3(CCc4c3nc(C(C)(C)C)[nH]c4=O)C2)n[nH]1. The molecule has 0 radical (unpaired) electrons. The zero-order valence-electron chi connectivity index (χ0n) is 16.5. The van der Waals surface area contributed by atoms with E-state index in [-0.39, 0.29) is 22.3 Å². The van der Waals surface area contributed by atoms with Gasteiger partial charge in [0.1, 0.15) is 11.5 Å². The van der Waals surface area contributed by atoms with Crippen molar-refractivity contribution >= 4 is 5.91 Å². The Labute approximate surface area is 158 Å². The number of carbonyl (C=O) groups excluding carboxylic acids is 1. The number of aromatic nitrogens is 4. The van der Waals surface area contributed by atoms with Gasteiger partial charge in [0.15, 0.2) is 0 Å². The van der Waals surface area contributed by atoms with E-state index in [2.05, 4.69) is 36.0 Å². The van der Waals surface area contributed by atoms with E-state index in [1.54, 1.807) is 6.07 Å². The number of aromatic amines is 2. The molecule has 2 aromatic heterocycles. The van der Waals surface area contributed by atoms with Crippen LogP contribution in [-0.2, 0) is 17.3 Å². The summed E-state index contributed by atoms with van der Waals surface area (Å²) in [7, 11) is 0. The van der Waals surface area contributed by atoms with Crippen LogP contribution in [0.4, 0.5) is 0 Å². The van der Waals surface area contributed by atoms with Gasteiger partial charge < -0.3 is 9.88 Å². The van der Waals surface area contributed by atoms with Crippen molar-refractivity contribution in [2.75, 3.05) is 13.1 Å². The Morgan fingerprint density at radius 2 is 2.07 bits per heavy atom. The topological polar surface area (TPSA) is 94.7 Å². The number of fused-ring (bicyclic) bond motifs is 2. The lowest BCUT2D eigenvalue weighted by atomic mass is 9.77. The Hall–Kier alpha value is -2.44. The van der Waals surface area contributed by atoms with Crippen molar-refractivity contribution in [1.82, 2.24) is 25.1 Å². The lowest BCUT2D eigenvalue weighted by Gasteiger charge is -2.40. The van der Waals surface area contributed by atoms with Crippen LogP contribution in [-0.4, -0.2) is 44.1 Å². The number of hydrogen-bond donors (Lipinski definition) is 2. The molecule has 1 fully saturated rings. The molecule has 2 aromatic rings. The first-order valence-electron chi connectivity index (χ1n) is 9.65. The van der Waals surface area contributed by atoms with Gasteiger partial charge in [-0.2, -0.15) is 5.10 Å². The summed E-state index contributed by atoms with van der Waals surface area (Å²) < 4.78 is 0. The van der Waals surface area contributed by atoms with Crippen LogP contribution in [0.5, 0.6) is 0 Å². The van der Waals surface area contributed by atoms with Gasteiger partial charge in [0, 0.05) is 35.2 Å². The molecule has 27 heavy (non-hydrogen) atoms. The predicted octanol–water partition coefficient (Wildman–Crippen LogP) is 2.22. The first-order valence-corrected chi connectivity index (χ1v) is 9.65. The molecule has 1 saturated heterocycles. The van der Waals surface area contributed by atoms with Crippen molar-refractivity contribution < 1.29 is 4.79 Å². The number of likely N-dealkylation sites (tertiary alicyclic amines) is 1. The molecule has 1 atom stereocenters. The molecule has 1 amide bonds. The van der Waals surface area contributed by atoms with Crippen molar-refractivity contribution in [1.29, 1.82) is 0 Å². The Morgan fingerprint density at radius 3 is 2.74 bits per heavy atom. The molecule has 1 aliphatic heterocycles. The molecular weight excluding hydrogens is 342 g/mol. The number of aryl methyl sites for hydroxylation is 1. The van der Waals surface area contributed by atoms with Crippen molar-refractivity contribution in [2.24, 2.45) is 0 Å². The Bertz CT molecular complexity index is 952. The van der Waals surface area contributed by atoms with E-state index in [1.165, 1.54) is 0 Å². The smallest absolute Gasteiger partial charge is 0.274 e. The molecule has 7 heteroatoms. The highest BCUT2D eigenvalue weighted by atomic mass is 16.2. The standard InChI is InChI=1S/C20H27N5O2/c1-12-10-14(24-23-12)17(27)25-9-5-7-20(11-25)8-6-13-15(20)21-18(19(2,3)4)22-16(13)26/h10H,5-9,11H2,1-4H3,(H,23,24)(H,21,22,26). The highest BCUT2D eigenvalue weighted by Crippen LogP contribution is 2.43. The first-order chi connectivity index (χ1) is 12.7. The largest absolute Gasteiger partial charge is 0.336 e. The van der Waals surface area contributed by atoms with Gasteiger partial charge in [-0.25, -0.2) is 4.98 Å². The Balaban J connectivity index is 1.70. The van der Waals surface area contributed by atoms with Crippen LogP contribution < -0.4 is 5.56 Å². The van der Waals surface area contributed by atoms with E-state index >= 15 is 0 Å². The first kappa shape index (κ1) is 17.9. The molecule has 0 aromatic carbocycles. The number of carbonyl (C=O) groups is 1. The molecule has 2 aliphatic rings. The number of piperidine rings is 1. The van der Waals surface area contributed by atoms with Crippen LogP contribution in [0.2, 0.25) is 0 Å². The maximum absolute atomic E-state index is 12.9. The maximum Gasteiger partial charge on any atom is 0.274 e. The van der Waals surface area contributed by atoms with Crippen molar-refractivity contribution in [3.05, 3.63) is 44.9 Å². The molecule has 4 rings (SSSR count). The molecule has 1 spiro atoms. The van der Waals surface area contributed by atoms with Gasteiger partial charge in [-0.15, -0.1) is 0 Å². The number of nitrogens with zero attached hydrogens (tertiary/aromatic N) is 3. The Morgan fingerprint density at radius 1 is 1.30 bits per heavy atom. The number of H-pyrrole nitrogens is 2. The van der Waals surface area contributed by atoms with Gasteiger partial charge in [0.2, 0.25) is 0 Å². The highest BCUT2D eigenvalue weighted by Gasteiger charge is 2.46. The number of amides is 1. The molecule has 3 heterocycles. The minimum Gasteiger partial charge on any atom is -0.336 e. The van der Waals surface area contributed by atoms with Crippen LogP contribution in [0.25, 0.3) is 0 Å². The number of nitrogens with one attached hydrogen (secondary N) is 2. The summed E-state index contributed by atoms with van der Waals surface area (Å²) in [5.74, 6) is 0.673. The van der Waals surface area contributed by atoms with E-state index in [0.717, 1.165) is 55.0 Å². The van der Waals surface area contributed by atoms with Crippen LogP contribution in [0, 0.1) is 6.92 Å². The second kappa shape index (κ2) is 6.04. The third-order valence-corrected chi connectivity index (χ3v) is 5.87. The lowest BCUT2D eigenvalue weighted by Crippen LogP contribution is -2.48. The fraction of sp³-hybridized carbons (Fsp3) is 0.600. The van der Waals surface area contributed by atoms with E-state index < -0.39 is 0 Å². The summed E-state index contributed by atoms with van der Waals surface area (Å²) in [4.78, 5) is 35.3. The second-order valence-electron chi connectivity index (χ2n) is 9.04. The quantitative estimate of drug-likeness (QED) is 0.806. The highest BCUT2D eigenvalue weighted by molar-refractivity contribution is 5.92. The monoisotopic (exact) mass is 369 g/mol. The molecule has 0 bridgehead atoms. The van der Waals surface area contributed by atoms with Crippen LogP contribution in [0.1, 0.15) is 73.3 Å². The second-order valence-corrected chi connectivity index (χ2v) is 9.04. The van der Waals surface area contributed by atoms with E-state index in [4.69, 9.17) is 4.98 Å². The average molecular weight is 369 g/mol. The van der Waals surface area contributed by atoms with Gasteiger partial charge in [0.05, 0.1) is 5.69 Å². The molecule has 2 N–H and O–H groups in total. The van der Waals surface area contributed by atoms with E-state index in [9.17, 15) is 9.59 Å². The summed E-state index contributed by atoms with van der Waals surface area (Å²) in [5, 5.41) is 6.97. The van der Waals surface area contributed by atoms with Crippen molar-refractivity contribution in [2.45, 2.75) is 64.2 Å². The van der Waals surface area contributed by atoms with Gasteiger partial charge in [-0.1, -0.05) is 20.8 Å².